The van der Waals surface area contributed by atoms with Gasteiger partial charge in [0.15, 0.2) is 0 Å². The highest BCUT2D eigenvalue weighted by molar-refractivity contribution is 5.75. The monoisotopic (exact) mass is 284 g/mol. The number of ether oxygens (including phenoxy) is 4. The van der Waals surface area contributed by atoms with Crippen molar-refractivity contribution in [1.82, 2.24) is 0 Å². The number of carbonyl (C=O) groups is 2. The first-order valence-electron chi connectivity index (χ1n) is 7.29. The highest BCUT2D eigenvalue weighted by Crippen LogP contribution is 2.31. The van der Waals surface area contributed by atoms with Crippen LogP contribution in [0.3, 0.4) is 0 Å². The predicted molar refractivity (Wildman–Crippen MR) is 66.8 cm³/mol. The minimum absolute atomic E-state index is 0.0791. The fourth-order valence-corrected chi connectivity index (χ4v) is 2.48. The quantitative estimate of drug-likeness (QED) is 0.527. The zero-order chi connectivity index (χ0) is 13.9. The average molecular weight is 284 g/mol. The van der Waals surface area contributed by atoms with Crippen LogP contribution in [0, 0.1) is 11.8 Å². The molecule has 1 saturated carbocycles. The minimum Gasteiger partial charge on any atom is -0.463 e. The Balaban J connectivity index is 1.34. The fourth-order valence-electron chi connectivity index (χ4n) is 2.48. The maximum atomic E-state index is 11.8. The zero-order valence-electron chi connectivity index (χ0n) is 11.4. The number of epoxide rings is 2. The minimum atomic E-state index is -0.154. The molecule has 0 radical (unpaired) electrons. The van der Waals surface area contributed by atoms with E-state index >= 15 is 0 Å². The van der Waals surface area contributed by atoms with Gasteiger partial charge in [-0.15, -0.1) is 0 Å². The Labute approximate surface area is 117 Å². The molecule has 3 rings (SSSR count). The highest BCUT2D eigenvalue weighted by Gasteiger charge is 2.34. The molecule has 0 amide bonds. The number of esters is 2. The van der Waals surface area contributed by atoms with Gasteiger partial charge < -0.3 is 18.9 Å². The van der Waals surface area contributed by atoms with Crippen molar-refractivity contribution in [3.63, 3.8) is 0 Å². The van der Waals surface area contributed by atoms with Crippen molar-refractivity contribution in [1.29, 1.82) is 0 Å². The van der Waals surface area contributed by atoms with Crippen LogP contribution in [0.5, 0.6) is 0 Å². The molecule has 1 aliphatic carbocycles. The second kappa shape index (κ2) is 6.10. The first-order valence-corrected chi connectivity index (χ1v) is 7.29. The van der Waals surface area contributed by atoms with Gasteiger partial charge in [0.05, 0.1) is 25.0 Å². The Bertz CT molecular complexity index is 330. The zero-order valence-corrected chi connectivity index (χ0v) is 11.4. The normalized spacial score (nSPS) is 35.2. The maximum absolute atomic E-state index is 11.8. The third-order valence-corrected chi connectivity index (χ3v) is 4.02. The summed E-state index contributed by atoms with van der Waals surface area (Å²) in [5, 5.41) is 0. The van der Waals surface area contributed by atoms with Crippen LogP contribution in [-0.2, 0) is 28.5 Å². The number of hydrogen-bond acceptors (Lipinski definition) is 6. The van der Waals surface area contributed by atoms with Gasteiger partial charge in [0.1, 0.15) is 25.4 Å². The molecular formula is C14H20O6. The smallest absolute Gasteiger partial charge is 0.309 e. The maximum Gasteiger partial charge on any atom is 0.309 e. The van der Waals surface area contributed by atoms with Crippen LogP contribution in [0.15, 0.2) is 0 Å². The van der Waals surface area contributed by atoms with E-state index in [1.807, 2.05) is 0 Å². The van der Waals surface area contributed by atoms with Crippen molar-refractivity contribution in [3.8, 4) is 0 Å². The molecule has 0 aromatic rings. The van der Waals surface area contributed by atoms with E-state index in [-0.39, 0.29) is 36.0 Å². The van der Waals surface area contributed by atoms with Crippen LogP contribution in [0.25, 0.3) is 0 Å². The van der Waals surface area contributed by atoms with Crippen LogP contribution >= 0.6 is 0 Å². The van der Waals surface area contributed by atoms with E-state index in [0.29, 0.717) is 52.1 Å². The summed E-state index contributed by atoms with van der Waals surface area (Å²) in [4.78, 5) is 23.6. The summed E-state index contributed by atoms with van der Waals surface area (Å²) < 4.78 is 20.4. The van der Waals surface area contributed by atoms with E-state index in [9.17, 15) is 9.59 Å². The van der Waals surface area contributed by atoms with Crippen molar-refractivity contribution in [2.45, 2.75) is 37.9 Å². The van der Waals surface area contributed by atoms with Crippen LogP contribution in [0.4, 0.5) is 0 Å². The Morgan fingerprint density at radius 2 is 1.15 bits per heavy atom. The molecule has 2 atom stereocenters. The molecule has 20 heavy (non-hydrogen) atoms. The summed E-state index contributed by atoms with van der Waals surface area (Å²) in [5.41, 5.74) is 0. The van der Waals surface area contributed by atoms with Gasteiger partial charge in [-0.3, -0.25) is 9.59 Å². The standard InChI is InChI=1S/C14H20O6/c15-13(19-7-11-5-17-11)9-1-2-10(4-3-9)14(16)20-8-12-6-18-12/h9-12H,1-8H2/t9?,10?,11-,12-/m0/s1. The largest absolute Gasteiger partial charge is 0.463 e. The second-order valence-corrected chi connectivity index (χ2v) is 5.72. The van der Waals surface area contributed by atoms with E-state index in [1.54, 1.807) is 0 Å². The molecule has 0 aromatic carbocycles. The third-order valence-electron chi connectivity index (χ3n) is 4.02. The lowest BCUT2D eigenvalue weighted by Gasteiger charge is -2.25. The lowest BCUT2D eigenvalue weighted by Crippen LogP contribution is -2.29. The van der Waals surface area contributed by atoms with Gasteiger partial charge in [0, 0.05) is 0 Å². The summed E-state index contributed by atoms with van der Waals surface area (Å²) in [6.07, 6.45) is 3.01. The highest BCUT2D eigenvalue weighted by atomic mass is 16.6. The van der Waals surface area contributed by atoms with Crippen molar-refractivity contribution in [2.24, 2.45) is 11.8 Å². The van der Waals surface area contributed by atoms with E-state index in [1.165, 1.54) is 0 Å². The fraction of sp³-hybridized carbons (Fsp3) is 0.857. The van der Waals surface area contributed by atoms with E-state index < -0.39 is 0 Å². The van der Waals surface area contributed by atoms with Crippen LogP contribution in [0.1, 0.15) is 25.7 Å². The summed E-state index contributed by atoms with van der Waals surface area (Å²) in [5.74, 6) is -0.466. The SMILES string of the molecule is O=C(OC[C@@H]1CO1)C1CCC(C(=O)OC[C@@H]2CO2)CC1. The van der Waals surface area contributed by atoms with E-state index in [0.717, 1.165) is 0 Å². The Kier molecular flexibility index (Phi) is 4.21. The molecule has 2 saturated heterocycles. The summed E-state index contributed by atoms with van der Waals surface area (Å²) in [6, 6.07) is 0. The molecule has 0 N–H and O–H groups in total. The van der Waals surface area contributed by atoms with Crippen molar-refractivity contribution in [3.05, 3.63) is 0 Å². The van der Waals surface area contributed by atoms with Gasteiger partial charge in [0.25, 0.3) is 0 Å². The lowest BCUT2D eigenvalue weighted by atomic mass is 9.82. The molecule has 112 valence electrons. The average Bonchev–Trinajstić information content (AvgIpc) is 3.37. The molecule has 2 heterocycles. The molecule has 0 aromatic heterocycles. The number of rotatable bonds is 6. The van der Waals surface area contributed by atoms with Crippen LogP contribution in [-0.4, -0.2) is 50.6 Å². The van der Waals surface area contributed by atoms with Gasteiger partial charge in [-0.1, -0.05) is 0 Å². The van der Waals surface area contributed by atoms with Gasteiger partial charge in [0.2, 0.25) is 0 Å². The third kappa shape index (κ3) is 3.93. The first kappa shape index (κ1) is 13.8. The lowest BCUT2D eigenvalue weighted by molar-refractivity contribution is -0.155. The summed E-state index contributed by atoms with van der Waals surface area (Å²) >= 11 is 0. The molecule has 2 aliphatic heterocycles. The second-order valence-electron chi connectivity index (χ2n) is 5.72. The number of carbonyl (C=O) groups excluding carboxylic acids is 2. The summed E-state index contributed by atoms with van der Waals surface area (Å²) in [7, 11) is 0. The Hall–Kier alpha value is -1.14. The number of hydrogen-bond donors (Lipinski definition) is 0. The van der Waals surface area contributed by atoms with Gasteiger partial charge >= 0.3 is 11.9 Å². The van der Waals surface area contributed by atoms with E-state index in [2.05, 4.69) is 0 Å². The van der Waals surface area contributed by atoms with Crippen molar-refractivity contribution >= 4 is 11.9 Å². The van der Waals surface area contributed by atoms with Crippen LogP contribution in [0.2, 0.25) is 0 Å². The molecule has 3 fully saturated rings. The molecule has 6 nitrogen and oxygen atoms in total. The molecule has 6 heteroatoms. The van der Waals surface area contributed by atoms with Crippen molar-refractivity contribution < 1.29 is 28.5 Å². The van der Waals surface area contributed by atoms with Gasteiger partial charge in [-0.2, -0.15) is 0 Å². The van der Waals surface area contributed by atoms with Gasteiger partial charge in [-0.25, -0.2) is 0 Å². The predicted octanol–water partition coefficient (Wildman–Crippen LogP) is 0.677. The molecular weight excluding hydrogens is 264 g/mol. The molecule has 0 bridgehead atoms. The topological polar surface area (TPSA) is 77.7 Å². The molecule has 3 aliphatic rings. The Morgan fingerprint density at radius 1 is 0.800 bits per heavy atom. The summed E-state index contributed by atoms with van der Waals surface area (Å²) in [6.45, 7) is 2.11. The van der Waals surface area contributed by atoms with Gasteiger partial charge in [-0.05, 0) is 25.7 Å². The molecule has 0 unspecified atom stereocenters. The first-order chi connectivity index (χ1) is 9.72. The van der Waals surface area contributed by atoms with Crippen LogP contribution < -0.4 is 0 Å². The molecule has 0 spiro atoms. The Morgan fingerprint density at radius 3 is 1.45 bits per heavy atom. The van der Waals surface area contributed by atoms with Crippen molar-refractivity contribution in [2.75, 3.05) is 26.4 Å². The van der Waals surface area contributed by atoms with E-state index in [4.69, 9.17) is 18.9 Å².